The van der Waals surface area contributed by atoms with Crippen LogP contribution in [0.25, 0.3) is 67.5 Å². The molecule has 0 radical (unpaired) electrons. The molecule has 222 valence electrons. The molecule has 0 fully saturated rings. The number of nitriles is 3. The monoisotopic (exact) mass is 615 g/mol. The summed E-state index contributed by atoms with van der Waals surface area (Å²) in [5.41, 5.74) is 10.1. The van der Waals surface area contributed by atoms with Crippen molar-refractivity contribution < 1.29 is 0 Å². The molecule has 0 aliphatic carbocycles. The van der Waals surface area contributed by atoms with Crippen molar-refractivity contribution in [2.24, 2.45) is 0 Å². The first kappa shape index (κ1) is 29.3. The Balaban J connectivity index is 1.38. The van der Waals surface area contributed by atoms with Crippen LogP contribution in [0.15, 0.2) is 128 Å². The van der Waals surface area contributed by atoms with E-state index in [4.69, 9.17) is 15.0 Å². The molecule has 0 bridgehead atoms. The summed E-state index contributed by atoms with van der Waals surface area (Å²) in [6, 6.07) is 40.3. The third-order valence-corrected chi connectivity index (χ3v) is 7.58. The molecule has 9 nitrogen and oxygen atoms in total. The highest BCUT2D eigenvalue weighted by molar-refractivity contribution is 5.80. The minimum Gasteiger partial charge on any atom is -0.248 e. The molecular weight excluding hydrogens is 594 g/mol. The molecule has 0 amide bonds. The van der Waals surface area contributed by atoms with Crippen LogP contribution in [0.4, 0.5) is 0 Å². The van der Waals surface area contributed by atoms with Gasteiger partial charge in [-0.2, -0.15) is 15.8 Å². The molecule has 0 spiro atoms. The Labute approximate surface area is 275 Å². The maximum absolute atomic E-state index is 9.38. The van der Waals surface area contributed by atoms with Crippen LogP contribution in [0.3, 0.4) is 0 Å². The van der Waals surface area contributed by atoms with Crippen molar-refractivity contribution in [1.29, 1.82) is 15.8 Å². The minimum atomic E-state index is 0.313. The largest absolute Gasteiger partial charge is 0.248 e. The first-order valence-corrected chi connectivity index (χ1v) is 14.8. The van der Waals surface area contributed by atoms with Crippen molar-refractivity contribution in [2.75, 3.05) is 0 Å². The zero-order chi connectivity index (χ0) is 32.9. The van der Waals surface area contributed by atoms with Crippen LogP contribution in [0.5, 0.6) is 0 Å². The Morgan fingerprint density at radius 3 is 0.875 bits per heavy atom. The molecule has 9 heteroatoms. The van der Waals surface area contributed by atoms with Crippen molar-refractivity contribution in [1.82, 2.24) is 29.9 Å². The topological polar surface area (TPSA) is 149 Å². The summed E-state index contributed by atoms with van der Waals surface area (Å²) in [5, 5.41) is 28.1. The van der Waals surface area contributed by atoms with Gasteiger partial charge in [0.1, 0.15) is 35.3 Å². The maximum Gasteiger partial charge on any atom is 0.141 e. The van der Waals surface area contributed by atoms with Crippen LogP contribution < -0.4 is 0 Å². The lowest BCUT2D eigenvalue weighted by Gasteiger charge is -2.12. The van der Waals surface area contributed by atoms with Gasteiger partial charge in [0.05, 0.1) is 34.2 Å². The van der Waals surface area contributed by atoms with E-state index in [9.17, 15) is 15.8 Å². The lowest BCUT2D eigenvalue weighted by molar-refractivity contribution is 1.24. The fourth-order valence-electron chi connectivity index (χ4n) is 5.29. The van der Waals surface area contributed by atoms with E-state index < -0.39 is 0 Å². The van der Waals surface area contributed by atoms with Crippen LogP contribution in [0.1, 0.15) is 17.1 Å². The second-order valence-corrected chi connectivity index (χ2v) is 10.6. The highest BCUT2D eigenvalue weighted by atomic mass is 14.7. The molecule has 6 heterocycles. The van der Waals surface area contributed by atoms with Gasteiger partial charge in [-0.1, -0.05) is 18.2 Å². The Kier molecular flexibility index (Phi) is 7.88. The second kappa shape index (κ2) is 12.9. The average molecular weight is 616 g/mol. The molecule has 7 aromatic rings. The summed E-state index contributed by atoms with van der Waals surface area (Å²) < 4.78 is 0. The van der Waals surface area contributed by atoms with Crippen molar-refractivity contribution in [3.05, 3.63) is 145 Å². The maximum atomic E-state index is 9.38. The highest BCUT2D eigenvalue weighted by Crippen LogP contribution is 2.34. The van der Waals surface area contributed by atoms with E-state index in [-0.39, 0.29) is 0 Å². The van der Waals surface area contributed by atoms with Crippen molar-refractivity contribution in [2.45, 2.75) is 0 Å². The van der Waals surface area contributed by atoms with Crippen LogP contribution >= 0.6 is 0 Å². The molecular formula is C39H21N9. The summed E-state index contributed by atoms with van der Waals surface area (Å²) in [6.45, 7) is 0. The number of benzene rings is 1. The SMILES string of the molecule is N#Cc1cc(-c2cccc(-c3cc(-c4cccc(-c5ccnc(C#N)c5)n4)cc(-c4cccc(-c5ccnc(C#N)c5)n4)c3)n2)ccn1. The van der Waals surface area contributed by atoms with Gasteiger partial charge in [-0.15, -0.1) is 0 Å². The van der Waals surface area contributed by atoms with Gasteiger partial charge in [-0.05, 0) is 91.0 Å². The predicted octanol–water partition coefficient (Wildman–Crippen LogP) is 7.67. The van der Waals surface area contributed by atoms with Gasteiger partial charge in [0.2, 0.25) is 0 Å². The van der Waals surface area contributed by atoms with E-state index in [0.717, 1.165) is 50.5 Å². The highest BCUT2D eigenvalue weighted by Gasteiger charge is 2.13. The van der Waals surface area contributed by atoms with Crippen LogP contribution in [-0.2, 0) is 0 Å². The lowest BCUT2D eigenvalue weighted by atomic mass is 9.98. The molecule has 0 saturated heterocycles. The summed E-state index contributed by atoms with van der Waals surface area (Å²) in [7, 11) is 0. The van der Waals surface area contributed by atoms with Crippen molar-refractivity contribution >= 4 is 0 Å². The number of nitrogens with zero attached hydrogens (tertiary/aromatic N) is 9. The average Bonchev–Trinajstić information content (AvgIpc) is 3.18. The van der Waals surface area contributed by atoms with Crippen LogP contribution in [0.2, 0.25) is 0 Å². The lowest BCUT2D eigenvalue weighted by Crippen LogP contribution is -1.94. The molecule has 7 rings (SSSR count). The standard InChI is InChI=1S/C39H21N9/c40-22-31-19-25(10-13-43-31)34-4-1-7-37(46-34)28-16-29(38-8-2-5-35(47-38)26-11-14-44-32(20-26)23-41)18-30(17-28)39-9-3-6-36(48-39)27-12-15-45-33(21-27)24-42/h1-21H. The molecule has 48 heavy (non-hydrogen) atoms. The van der Waals surface area contributed by atoms with Crippen molar-refractivity contribution in [3.63, 3.8) is 0 Å². The molecule has 0 aliphatic heterocycles. The quantitative estimate of drug-likeness (QED) is 0.184. The normalized spacial score (nSPS) is 10.4. The van der Waals surface area contributed by atoms with Gasteiger partial charge in [0.25, 0.3) is 0 Å². The Bertz CT molecular complexity index is 2180. The number of hydrogen-bond acceptors (Lipinski definition) is 9. The van der Waals surface area contributed by atoms with E-state index in [2.05, 4.69) is 33.2 Å². The van der Waals surface area contributed by atoms with E-state index in [1.54, 1.807) is 36.8 Å². The summed E-state index contributed by atoms with van der Waals surface area (Å²) >= 11 is 0. The fraction of sp³-hybridized carbons (Fsp3) is 0. The van der Waals surface area contributed by atoms with Gasteiger partial charge in [-0.3, -0.25) is 0 Å². The Morgan fingerprint density at radius 2 is 0.604 bits per heavy atom. The van der Waals surface area contributed by atoms with E-state index in [0.29, 0.717) is 34.2 Å². The fourth-order valence-corrected chi connectivity index (χ4v) is 5.29. The number of hydrogen-bond donors (Lipinski definition) is 0. The Morgan fingerprint density at radius 1 is 0.333 bits per heavy atom. The van der Waals surface area contributed by atoms with Crippen LogP contribution in [0, 0.1) is 34.0 Å². The number of pyridine rings is 6. The molecule has 0 unspecified atom stereocenters. The molecule has 6 aromatic heterocycles. The number of aromatic nitrogens is 6. The Hall–Kier alpha value is -7.41. The third-order valence-electron chi connectivity index (χ3n) is 7.58. The van der Waals surface area contributed by atoms with Gasteiger partial charge in [0, 0.05) is 52.0 Å². The van der Waals surface area contributed by atoms with Gasteiger partial charge < -0.3 is 0 Å². The predicted molar refractivity (Wildman–Crippen MR) is 180 cm³/mol. The third kappa shape index (κ3) is 6.09. The van der Waals surface area contributed by atoms with Gasteiger partial charge in [0.15, 0.2) is 0 Å². The zero-order valence-electron chi connectivity index (χ0n) is 25.1. The molecule has 0 atom stereocenters. The van der Waals surface area contributed by atoms with Gasteiger partial charge in [-0.25, -0.2) is 29.9 Å². The first-order chi connectivity index (χ1) is 23.6. The van der Waals surface area contributed by atoms with E-state index >= 15 is 0 Å². The minimum absolute atomic E-state index is 0.313. The van der Waals surface area contributed by atoms with Crippen molar-refractivity contribution in [3.8, 4) is 85.8 Å². The van der Waals surface area contributed by atoms with E-state index in [1.165, 1.54) is 0 Å². The molecule has 1 aromatic carbocycles. The molecule has 0 saturated carbocycles. The summed E-state index contributed by atoms with van der Waals surface area (Å²) in [5.74, 6) is 0. The number of rotatable bonds is 6. The molecule has 0 aliphatic rings. The van der Waals surface area contributed by atoms with Crippen LogP contribution in [-0.4, -0.2) is 29.9 Å². The molecule has 0 N–H and O–H groups in total. The second-order valence-electron chi connectivity index (χ2n) is 10.6. The van der Waals surface area contributed by atoms with Gasteiger partial charge >= 0.3 is 0 Å². The van der Waals surface area contributed by atoms with E-state index in [1.807, 2.05) is 91.0 Å². The summed E-state index contributed by atoms with van der Waals surface area (Å²) in [6.07, 6.45) is 4.80. The first-order valence-electron chi connectivity index (χ1n) is 14.8. The summed E-state index contributed by atoms with van der Waals surface area (Å²) in [4.78, 5) is 27.2. The zero-order valence-corrected chi connectivity index (χ0v) is 25.1. The smallest absolute Gasteiger partial charge is 0.141 e.